The monoisotopic (exact) mass is 325 g/mol. The van der Waals surface area contributed by atoms with Crippen LogP contribution in [0.15, 0.2) is 30.3 Å². The molecule has 0 aliphatic carbocycles. The molecule has 2 fully saturated rings. The Morgan fingerprint density at radius 3 is 2.83 bits per heavy atom. The average Bonchev–Trinajstić information content (AvgIpc) is 2.67. The van der Waals surface area contributed by atoms with Gasteiger partial charge in [-0.2, -0.15) is 0 Å². The molecular weight excluding hydrogens is 298 g/mol. The number of nitrogens with one attached hydrogen (secondary N) is 1. The molecule has 0 radical (unpaired) electrons. The van der Waals surface area contributed by atoms with E-state index in [2.05, 4.69) is 40.5 Å². The second-order valence-corrected chi connectivity index (χ2v) is 7.01. The van der Waals surface area contributed by atoms with Gasteiger partial charge in [-0.1, -0.05) is 18.2 Å². The zero-order valence-electron chi connectivity index (χ0n) is 14.3. The van der Waals surface area contributed by atoms with Gasteiger partial charge in [0.25, 0.3) is 0 Å². The van der Waals surface area contributed by atoms with Gasteiger partial charge in [-0.3, -0.25) is 0 Å². The van der Waals surface area contributed by atoms with Gasteiger partial charge in [-0.25, -0.2) is 4.98 Å². The standard InChI is InChI=1S/C20H27N3O/c1-4-10-23(11-5-1)20-17(14-21-18-8-6-12-24-15-18)13-16-7-2-3-9-19(16)22-20/h2-3,7,9,13,18,21H,1,4-6,8,10-12,14-15H2. The summed E-state index contributed by atoms with van der Waals surface area (Å²) in [5.41, 5.74) is 2.42. The van der Waals surface area contributed by atoms with E-state index in [4.69, 9.17) is 9.72 Å². The minimum absolute atomic E-state index is 0.472. The predicted octanol–water partition coefficient (Wildman–Crippen LogP) is 3.49. The lowest BCUT2D eigenvalue weighted by molar-refractivity contribution is 0.0699. The Kier molecular flexibility index (Phi) is 4.95. The molecular formula is C20H27N3O. The van der Waals surface area contributed by atoms with Crippen LogP contribution in [0.5, 0.6) is 0 Å². The van der Waals surface area contributed by atoms with Crippen LogP contribution in [0, 0.1) is 0 Å². The third kappa shape index (κ3) is 3.55. The summed E-state index contributed by atoms with van der Waals surface area (Å²) in [6.07, 6.45) is 6.26. The maximum Gasteiger partial charge on any atom is 0.133 e. The molecule has 1 aromatic carbocycles. The van der Waals surface area contributed by atoms with Gasteiger partial charge in [-0.05, 0) is 44.2 Å². The maximum absolute atomic E-state index is 5.60. The number of anilines is 1. The number of ether oxygens (including phenoxy) is 1. The van der Waals surface area contributed by atoms with Crippen LogP contribution >= 0.6 is 0 Å². The summed E-state index contributed by atoms with van der Waals surface area (Å²) in [5.74, 6) is 1.18. The Bertz CT molecular complexity index is 676. The lowest BCUT2D eigenvalue weighted by Crippen LogP contribution is -2.37. The van der Waals surface area contributed by atoms with E-state index in [-0.39, 0.29) is 0 Å². The van der Waals surface area contributed by atoms with Gasteiger partial charge in [0.1, 0.15) is 5.82 Å². The van der Waals surface area contributed by atoms with Crippen LogP contribution < -0.4 is 10.2 Å². The second kappa shape index (κ2) is 7.49. The van der Waals surface area contributed by atoms with Crippen molar-refractivity contribution in [3.63, 3.8) is 0 Å². The van der Waals surface area contributed by atoms with Crippen LogP contribution in [-0.2, 0) is 11.3 Å². The van der Waals surface area contributed by atoms with Crippen LogP contribution in [0.4, 0.5) is 5.82 Å². The van der Waals surface area contributed by atoms with Crippen LogP contribution in [0.2, 0.25) is 0 Å². The third-order valence-electron chi connectivity index (χ3n) is 5.18. The third-order valence-corrected chi connectivity index (χ3v) is 5.18. The van der Waals surface area contributed by atoms with Crippen molar-refractivity contribution in [1.29, 1.82) is 0 Å². The van der Waals surface area contributed by atoms with Crippen molar-refractivity contribution in [3.8, 4) is 0 Å². The smallest absolute Gasteiger partial charge is 0.133 e. The highest BCUT2D eigenvalue weighted by molar-refractivity contribution is 5.81. The van der Waals surface area contributed by atoms with Gasteiger partial charge in [0, 0.05) is 43.2 Å². The van der Waals surface area contributed by atoms with Crippen molar-refractivity contribution in [2.45, 2.75) is 44.7 Å². The highest BCUT2D eigenvalue weighted by Crippen LogP contribution is 2.26. The number of pyridine rings is 1. The van der Waals surface area contributed by atoms with Crippen LogP contribution in [-0.4, -0.2) is 37.3 Å². The van der Waals surface area contributed by atoms with Gasteiger partial charge in [0.15, 0.2) is 0 Å². The SMILES string of the molecule is c1ccc2nc(N3CCCCC3)c(CNC3CCCOC3)cc2c1. The van der Waals surface area contributed by atoms with Gasteiger partial charge in [0.2, 0.25) is 0 Å². The van der Waals surface area contributed by atoms with Crippen molar-refractivity contribution in [2.75, 3.05) is 31.2 Å². The molecule has 2 saturated heterocycles. The predicted molar refractivity (Wildman–Crippen MR) is 98.5 cm³/mol. The fraction of sp³-hybridized carbons (Fsp3) is 0.550. The molecule has 1 N–H and O–H groups in total. The molecule has 3 heterocycles. The highest BCUT2D eigenvalue weighted by atomic mass is 16.5. The molecule has 24 heavy (non-hydrogen) atoms. The quantitative estimate of drug-likeness (QED) is 0.934. The normalized spacial score (nSPS) is 22.0. The first-order valence-electron chi connectivity index (χ1n) is 9.35. The number of para-hydroxylation sites is 1. The molecule has 2 aliphatic heterocycles. The minimum Gasteiger partial charge on any atom is -0.380 e. The topological polar surface area (TPSA) is 37.4 Å². The summed E-state index contributed by atoms with van der Waals surface area (Å²) in [6, 6.07) is 11.2. The molecule has 128 valence electrons. The number of nitrogens with zero attached hydrogens (tertiary/aromatic N) is 2. The van der Waals surface area contributed by atoms with Crippen molar-refractivity contribution < 1.29 is 4.74 Å². The first-order valence-corrected chi connectivity index (χ1v) is 9.35. The van der Waals surface area contributed by atoms with E-state index in [9.17, 15) is 0 Å². The van der Waals surface area contributed by atoms with Crippen LogP contribution in [0.3, 0.4) is 0 Å². The van der Waals surface area contributed by atoms with Crippen molar-refractivity contribution in [3.05, 3.63) is 35.9 Å². The van der Waals surface area contributed by atoms with Gasteiger partial charge in [0.05, 0.1) is 12.1 Å². The Morgan fingerprint density at radius 1 is 1.12 bits per heavy atom. The zero-order chi connectivity index (χ0) is 16.2. The zero-order valence-corrected chi connectivity index (χ0v) is 14.3. The molecule has 4 nitrogen and oxygen atoms in total. The first kappa shape index (κ1) is 15.9. The summed E-state index contributed by atoms with van der Waals surface area (Å²) in [5, 5.41) is 4.92. The summed E-state index contributed by atoms with van der Waals surface area (Å²) >= 11 is 0. The molecule has 0 amide bonds. The fourth-order valence-corrected chi connectivity index (χ4v) is 3.82. The molecule has 2 aromatic rings. The summed E-state index contributed by atoms with van der Waals surface area (Å²) in [4.78, 5) is 7.49. The van der Waals surface area contributed by atoms with E-state index in [0.29, 0.717) is 6.04 Å². The van der Waals surface area contributed by atoms with Gasteiger partial charge < -0.3 is 15.0 Å². The molecule has 0 saturated carbocycles. The Labute approximate surface area is 144 Å². The number of benzene rings is 1. The number of hydrogen-bond acceptors (Lipinski definition) is 4. The van der Waals surface area contributed by atoms with E-state index in [0.717, 1.165) is 44.8 Å². The number of fused-ring (bicyclic) bond motifs is 1. The van der Waals surface area contributed by atoms with E-state index >= 15 is 0 Å². The lowest BCUT2D eigenvalue weighted by Gasteiger charge is -2.30. The van der Waals surface area contributed by atoms with Gasteiger partial charge >= 0.3 is 0 Å². The number of hydrogen-bond donors (Lipinski definition) is 1. The summed E-state index contributed by atoms with van der Waals surface area (Å²) < 4.78 is 5.60. The maximum atomic E-state index is 5.60. The lowest BCUT2D eigenvalue weighted by atomic mass is 10.1. The van der Waals surface area contributed by atoms with Crippen molar-refractivity contribution >= 4 is 16.7 Å². The summed E-state index contributed by atoms with van der Waals surface area (Å²) in [6.45, 7) is 4.88. The fourth-order valence-electron chi connectivity index (χ4n) is 3.82. The molecule has 4 rings (SSSR count). The van der Waals surface area contributed by atoms with Crippen molar-refractivity contribution in [1.82, 2.24) is 10.3 Å². The number of piperidine rings is 1. The Balaban J connectivity index is 1.60. The molecule has 4 heteroatoms. The highest BCUT2D eigenvalue weighted by Gasteiger charge is 2.19. The second-order valence-electron chi connectivity index (χ2n) is 7.01. The Morgan fingerprint density at radius 2 is 2.00 bits per heavy atom. The number of aromatic nitrogens is 1. The molecule has 1 unspecified atom stereocenters. The Hall–Kier alpha value is -1.65. The molecule has 1 aromatic heterocycles. The van der Waals surface area contributed by atoms with Crippen LogP contribution in [0.1, 0.15) is 37.7 Å². The first-order chi connectivity index (χ1) is 11.9. The van der Waals surface area contributed by atoms with Crippen molar-refractivity contribution in [2.24, 2.45) is 0 Å². The van der Waals surface area contributed by atoms with E-state index in [1.807, 2.05) is 0 Å². The van der Waals surface area contributed by atoms with Gasteiger partial charge in [-0.15, -0.1) is 0 Å². The molecule has 2 aliphatic rings. The average molecular weight is 325 g/mol. The van der Waals surface area contributed by atoms with E-state index in [1.165, 1.54) is 42.5 Å². The summed E-state index contributed by atoms with van der Waals surface area (Å²) in [7, 11) is 0. The molecule has 1 atom stereocenters. The van der Waals surface area contributed by atoms with E-state index < -0.39 is 0 Å². The van der Waals surface area contributed by atoms with E-state index in [1.54, 1.807) is 0 Å². The largest absolute Gasteiger partial charge is 0.380 e. The molecule has 0 bridgehead atoms. The van der Waals surface area contributed by atoms with Crippen LogP contribution in [0.25, 0.3) is 10.9 Å². The molecule has 0 spiro atoms. The number of rotatable bonds is 4. The minimum atomic E-state index is 0.472.